The number of nitro groups is 1. The van der Waals surface area contributed by atoms with Gasteiger partial charge in [-0.25, -0.2) is 0 Å². The Kier molecular flexibility index (Phi) is 5.22. The molecule has 2 aromatic carbocycles. The van der Waals surface area contributed by atoms with Crippen LogP contribution in [-0.4, -0.2) is 41.9 Å². The predicted octanol–water partition coefficient (Wildman–Crippen LogP) is 4.47. The fourth-order valence-electron chi connectivity index (χ4n) is 3.37. The van der Waals surface area contributed by atoms with Gasteiger partial charge < -0.3 is 14.2 Å². The lowest BCUT2D eigenvalue weighted by atomic mass is 10.2. The number of non-ortho nitro benzene ring substituents is 1. The summed E-state index contributed by atoms with van der Waals surface area (Å²) < 4.78 is 5.76. The normalized spacial score (nSPS) is 14.1. The molecule has 1 aliphatic heterocycles. The van der Waals surface area contributed by atoms with Gasteiger partial charge in [0, 0.05) is 49.6 Å². The van der Waals surface area contributed by atoms with Gasteiger partial charge in [-0.2, -0.15) is 0 Å². The van der Waals surface area contributed by atoms with Crippen molar-refractivity contribution >= 4 is 28.9 Å². The lowest BCUT2D eigenvalue weighted by Gasteiger charge is -2.35. The average Bonchev–Trinajstić information content (AvgIpc) is 3.24. The van der Waals surface area contributed by atoms with Crippen LogP contribution in [0.25, 0.3) is 11.3 Å². The number of hydrogen-bond acceptors (Lipinski definition) is 5. The van der Waals surface area contributed by atoms with E-state index < -0.39 is 4.92 Å². The SMILES string of the molecule is O=C(c1ccc(-c2ccccc2Cl)o1)N1CCN(c2ccc([N+](=O)[O-])cc2)CC1. The molecule has 148 valence electrons. The Hall–Kier alpha value is -3.32. The van der Waals surface area contributed by atoms with Crippen molar-refractivity contribution in [1.29, 1.82) is 0 Å². The lowest BCUT2D eigenvalue weighted by molar-refractivity contribution is -0.384. The number of furan rings is 1. The quantitative estimate of drug-likeness (QED) is 0.467. The number of hydrogen-bond donors (Lipinski definition) is 0. The highest BCUT2D eigenvalue weighted by atomic mass is 35.5. The first-order valence-corrected chi connectivity index (χ1v) is 9.54. The maximum absolute atomic E-state index is 12.8. The fourth-order valence-corrected chi connectivity index (χ4v) is 3.60. The van der Waals surface area contributed by atoms with Crippen LogP contribution in [0.3, 0.4) is 0 Å². The van der Waals surface area contributed by atoms with Gasteiger partial charge in [0.1, 0.15) is 5.76 Å². The molecule has 3 aromatic rings. The summed E-state index contributed by atoms with van der Waals surface area (Å²) in [7, 11) is 0. The topological polar surface area (TPSA) is 79.8 Å². The molecule has 29 heavy (non-hydrogen) atoms. The van der Waals surface area contributed by atoms with E-state index in [9.17, 15) is 14.9 Å². The van der Waals surface area contributed by atoms with Crippen LogP contribution >= 0.6 is 11.6 Å². The van der Waals surface area contributed by atoms with Crippen molar-refractivity contribution in [3.05, 3.63) is 81.6 Å². The van der Waals surface area contributed by atoms with Crippen LogP contribution in [0.5, 0.6) is 0 Å². The molecular weight excluding hydrogens is 394 g/mol. The van der Waals surface area contributed by atoms with Gasteiger partial charge in [-0.1, -0.05) is 23.7 Å². The van der Waals surface area contributed by atoms with Crippen LogP contribution in [0, 0.1) is 10.1 Å². The van der Waals surface area contributed by atoms with E-state index in [2.05, 4.69) is 4.90 Å². The third kappa shape index (κ3) is 3.95. The molecule has 0 unspecified atom stereocenters. The van der Waals surface area contributed by atoms with Gasteiger partial charge in [-0.15, -0.1) is 0 Å². The number of carbonyl (C=O) groups excluding carboxylic acids is 1. The van der Waals surface area contributed by atoms with Crippen LogP contribution in [0.4, 0.5) is 11.4 Å². The Morgan fingerprint density at radius 3 is 2.31 bits per heavy atom. The van der Waals surface area contributed by atoms with Crippen molar-refractivity contribution in [1.82, 2.24) is 4.90 Å². The maximum Gasteiger partial charge on any atom is 0.289 e. The smallest absolute Gasteiger partial charge is 0.289 e. The highest BCUT2D eigenvalue weighted by Gasteiger charge is 2.25. The second kappa shape index (κ2) is 7.97. The van der Waals surface area contributed by atoms with E-state index in [1.54, 1.807) is 35.2 Å². The van der Waals surface area contributed by atoms with Crippen LogP contribution in [0.2, 0.25) is 5.02 Å². The van der Waals surface area contributed by atoms with Gasteiger partial charge in [-0.3, -0.25) is 14.9 Å². The predicted molar refractivity (Wildman–Crippen MR) is 110 cm³/mol. The lowest BCUT2D eigenvalue weighted by Crippen LogP contribution is -2.48. The Balaban J connectivity index is 1.40. The summed E-state index contributed by atoms with van der Waals surface area (Å²) in [6.07, 6.45) is 0. The van der Waals surface area contributed by atoms with Crippen molar-refractivity contribution in [3.63, 3.8) is 0 Å². The minimum absolute atomic E-state index is 0.0645. The molecule has 0 spiro atoms. The summed E-state index contributed by atoms with van der Waals surface area (Å²) >= 11 is 6.20. The molecule has 7 nitrogen and oxygen atoms in total. The number of benzene rings is 2. The molecule has 1 aliphatic rings. The molecule has 0 atom stereocenters. The number of rotatable bonds is 4. The number of piperazine rings is 1. The Morgan fingerprint density at radius 1 is 0.966 bits per heavy atom. The van der Waals surface area contributed by atoms with Gasteiger partial charge in [0.05, 0.1) is 9.95 Å². The summed E-state index contributed by atoms with van der Waals surface area (Å²) in [5, 5.41) is 11.4. The van der Waals surface area contributed by atoms with E-state index in [1.807, 2.05) is 18.2 Å². The monoisotopic (exact) mass is 411 g/mol. The zero-order valence-corrected chi connectivity index (χ0v) is 16.2. The van der Waals surface area contributed by atoms with E-state index in [0.29, 0.717) is 37.0 Å². The molecule has 2 heterocycles. The van der Waals surface area contributed by atoms with Crippen LogP contribution < -0.4 is 4.90 Å². The maximum atomic E-state index is 12.8. The molecule has 0 saturated carbocycles. The first-order chi connectivity index (χ1) is 14.0. The minimum atomic E-state index is -0.416. The van der Waals surface area contributed by atoms with Gasteiger partial charge in [0.25, 0.3) is 11.6 Å². The van der Waals surface area contributed by atoms with E-state index >= 15 is 0 Å². The van der Waals surface area contributed by atoms with Crippen molar-refractivity contribution in [2.75, 3.05) is 31.1 Å². The van der Waals surface area contributed by atoms with E-state index in [0.717, 1.165) is 11.3 Å². The second-order valence-electron chi connectivity index (χ2n) is 6.70. The minimum Gasteiger partial charge on any atom is -0.451 e. The van der Waals surface area contributed by atoms with Crippen molar-refractivity contribution in [2.45, 2.75) is 0 Å². The summed E-state index contributed by atoms with van der Waals surface area (Å²) in [4.78, 5) is 27.0. The van der Waals surface area contributed by atoms with E-state index in [-0.39, 0.29) is 17.4 Å². The van der Waals surface area contributed by atoms with Gasteiger partial charge >= 0.3 is 0 Å². The Morgan fingerprint density at radius 2 is 1.66 bits per heavy atom. The first kappa shape index (κ1) is 19.0. The van der Waals surface area contributed by atoms with E-state index in [1.165, 1.54) is 12.1 Å². The summed E-state index contributed by atoms with van der Waals surface area (Å²) in [6, 6.07) is 17.2. The van der Waals surface area contributed by atoms with Gasteiger partial charge in [0.15, 0.2) is 5.76 Å². The van der Waals surface area contributed by atoms with E-state index in [4.69, 9.17) is 16.0 Å². The Bertz CT molecular complexity index is 1040. The van der Waals surface area contributed by atoms with Crippen LogP contribution in [-0.2, 0) is 0 Å². The molecule has 1 saturated heterocycles. The Labute approximate surface area is 172 Å². The summed E-state index contributed by atoms with van der Waals surface area (Å²) in [5.41, 5.74) is 1.72. The zero-order chi connectivity index (χ0) is 20.4. The molecule has 0 N–H and O–H groups in total. The highest BCUT2D eigenvalue weighted by Crippen LogP contribution is 2.29. The number of halogens is 1. The molecule has 8 heteroatoms. The number of nitro benzene ring substituents is 1. The molecule has 1 fully saturated rings. The number of carbonyl (C=O) groups is 1. The van der Waals surface area contributed by atoms with Crippen molar-refractivity contribution in [3.8, 4) is 11.3 Å². The number of amides is 1. The van der Waals surface area contributed by atoms with Gasteiger partial charge in [-0.05, 0) is 36.4 Å². The molecule has 0 radical (unpaired) electrons. The third-order valence-corrected chi connectivity index (χ3v) is 5.28. The standard InChI is InChI=1S/C21H18ClN3O4/c22-18-4-2-1-3-17(18)19-9-10-20(29-19)21(26)24-13-11-23(12-14-24)15-5-7-16(8-6-15)25(27)28/h1-10H,11-14H2. The van der Waals surface area contributed by atoms with Gasteiger partial charge in [0.2, 0.25) is 0 Å². The molecular formula is C21H18ClN3O4. The largest absolute Gasteiger partial charge is 0.451 e. The van der Waals surface area contributed by atoms with Crippen LogP contribution in [0.15, 0.2) is 65.1 Å². The first-order valence-electron chi connectivity index (χ1n) is 9.16. The van der Waals surface area contributed by atoms with Crippen LogP contribution in [0.1, 0.15) is 10.6 Å². The third-order valence-electron chi connectivity index (χ3n) is 4.95. The average molecular weight is 412 g/mol. The fraction of sp³-hybridized carbons (Fsp3) is 0.190. The molecule has 4 rings (SSSR count). The summed E-state index contributed by atoms with van der Waals surface area (Å²) in [6.45, 7) is 2.36. The molecule has 1 aromatic heterocycles. The number of nitrogens with zero attached hydrogens (tertiary/aromatic N) is 3. The number of anilines is 1. The molecule has 0 aliphatic carbocycles. The van der Waals surface area contributed by atoms with Crippen molar-refractivity contribution in [2.24, 2.45) is 0 Å². The summed E-state index contributed by atoms with van der Waals surface area (Å²) in [5.74, 6) is 0.679. The second-order valence-corrected chi connectivity index (χ2v) is 7.10. The van der Waals surface area contributed by atoms with Crippen molar-refractivity contribution < 1.29 is 14.1 Å². The molecule has 0 bridgehead atoms. The highest BCUT2D eigenvalue weighted by molar-refractivity contribution is 6.33. The molecule has 1 amide bonds. The zero-order valence-electron chi connectivity index (χ0n) is 15.5.